The molecule has 17 heavy (non-hydrogen) atoms. The van der Waals surface area contributed by atoms with Gasteiger partial charge in [0, 0.05) is 5.38 Å². The van der Waals surface area contributed by atoms with Crippen LogP contribution in [0, 0.1) is 0 Å². The van der Waals surface area contributed by atoms with E-state index in [1.807, 2.05) is 0 Å². The van der Waals surface area contributed by atoms with Crippen molar-refractivity contribution in [1.29, 1.82) is 0 Å². The first-order valence-corrected chi connectivity index (χ1v) is 5.36. The van der Waals surface area contributed by atoms with Gasteiger partial charge in [0.25, 0.3) is 0 Å². The number of anilines is 1. The zero-order valence-electron chi connectivity index (χ0n) is 8.49. The molecule has 2 aromatic rings. The minimum absolute atomic E-state index is 0. The fraction of sp³-hybridized carbons (Fsp3) is 0.0909. The molecule has 0 aliphatic carbocycles. The number of hydrogen-bond donors (Lipinski definition) is 1. The van der Waals surface area contributed by atoms with Crippen molar-refractivity contribution in [1.82, 2.24) is 0 Å². The predicted octanol–water partition coefficient (Wildman–Crippen LogP) is 4.44. The van der Waals surface area contributed by atoms with E-state index in [2.05, 4.69) is 0 Å². The molecule has 6 heteroatoms. The molecule has 0 saturated carbocycles. The number of alkyl halides is 3. The topological polar surface area (TPSA) is 26.0 Å². The molecule has 0 amide bonds. The van der Waals surface area contributed by atoms with Crippen LogP contribution < -0.4 is 5.73 Å². The minimum Gasteiger partial charge on any atom is -0.391 e. The highest BCUT2D eigenvalue weighted by molar-refractivity contribution is 7.14. The van der Waals surface area contributed by atoms with Gasteiger partial charge in [-0.25, -0.2) is 0 Å². The van der Waals surface area contributed by atoms with E-state index >= 15 is 0 Å². The molecule has 0 atom stereocenters. The Balaban J connectivity index is 0.00000144. The summed E-state index contributed by atoms with van der Waals surface area (Å²) in [5.41, 5.74) is 6.14. The molecule has 0 unspecified atom stereocenters. The lowest BCUT2D eigenvalue weighted by molar-refractivity contribution is -0.137. The molecule has 2 N–H and O–H groups in total. The van der Waals surface area contributed by atoms with Gasteiger partial charge in [0.15, 0.2) is 0 Å². The van der Waals surface area contributed by atoms with E-state index in [4.69, 9.17) is 5.73 Å². The third kappa shape index (κ3) is 3.14. The Labute approximate surface area is 106 Å². The zero-order valence-corrected chi connectivity index (χ0v) is 10.1. The first-order valence-electron chi connectivity index (χ1n) is 4.48. The van der Waals surface area contributed by atoms with Gasteiger partial charge in [0.05, 0.1) is 10.6 Å². The Kier molecular flexibility index (Phi) is 4.06. The fourth-order valence-electron chi connectivity index (χ4n) is 1.38. The molecular formula is C11H9ClF3NS. The van der Waals surface area contributed by atoms with Gasteiger partial charge in [-0.1, -0.05) is 12.1 Å². The van der Waals surface area contributed by atoms with Crippen LogP contribution in [-0.4, -0.2) is 0 Å². The molecule has 0 aliphatic rings. The van der Waals surface area contributed by atoms with Crippen LogP contribution in [0.25, 0.3) is 11.1 Å². The molecule has 1 aromatic carbocycles. The Hall–Kier alpha value is -1.20. The van der Waals surface area contributed by atoms with Gasteiger partial charge in [0.2, 0.25) is 0 Å². The number of benzene rings is 1. The van der Waals surface area contributed by atoms with Crippen molar-refractivity contribution >= 4 is 28.7 Å². The minimum atomic E-state index is -4.31. The maximum Gasteiger partial charge on any atom is 0.416 e. The molecule has 0 radical (unpaired) electrons. The molecule has 0 spiro atoms. The summed E-state index contributed by atoms with van der Waals surface area (Å²) in [6.45, 7) is 0. The maximum atomic E-state index is 12.5. The molecule has 1 aromatic heterocycles. The van der Waals surface area contributed by atoms with E-state index in [9.17, 15) is 13.2 Å². The van der Waals surface area contributed by atoms with Gasteiger partial charge in [-0.2, -0.15) is 13.2 Å². The lowest BCUT2D eigenvalue weighted by atomic mass is 10.1. The van der Waals surface area contributed by atoms with Crippen molar-refractivity contribution in [2.75, 3.05) is 5.73 Å². The summed E-state index contributed by atoms with van der Waals surface area (Å²) in [5, 5.41) is 2.33. The monoisotopic (exact) mass is 279 g/mol. The van der Waals surface area contributed by atoms with E-state index in [0.717, 1.165) is 12.1 Å². The summed E-state index contributed by atoms with van der Waals surface area (Å²) in [7, 11) is 0. The third-order valence-electron chi connectivity index (χ3n) is 2.14. The van der Waals surface area contributed by atoms with Gasteiger partial charge < -0.3 is 5.73 Å². The summed E-state index contributed by atoms with van der Waals surface area (Å²) in [6, 6.07) is 6.88. The van der Waals surface area contributed by atoms with E-state index in [1.54, 1.807) is 17.5 Å². The van der Waals surface area contributed by atoms with E-state index < -0.39 is 11.7 Å². The van der Waals surface area contributed by atoms with Gasteiger partial charge in [0.1, 0.15) is 0 Å². The summed E-state index contributed by atoms with van der Waals surface area (Å²) >= 11 is 1.31. The van der Waals surface area contributed by atoms with Crippen molar-refractivity contribution in [3.8, 4) is 11.1 Å². The third-order valence-corrected chi connectivity index (χ3v) is 2.90. The Morgan fingerprint density at radius 3 is 2.29 bits per heavy atom. The Morgan fingerprint density at radius 1 is 1.06 bits per heavy atom. The smallest absolute Gasteiger partial charge is 0.391 e. The summed E-state index contributed by atoms with van der Waals surface area (Å²) in [5.74, 6) is 0. The molecule has 0 fully saturated rings. The van der Waals surface area contributed by atoms with Crippen LogP contribution in [0.5, 0.6) is 0 Å². The van der Waals surface area contributed by atoms with E-state index in [1.165, 1.54) is 17.4 Å². The second-order valence-electron chi connectivity index (χ2n) is 3.32. The highest BCUT2D eigenvalue weighted by Crippen LogP contribution is 2.33. The van der Waals surface area contributed by atoms with Crippen molar-refractivity contribution in [2.24, 2.45) is 0 Å². The number of nitrogens with two attached hydrogens (primary N) is 1. The first kappa shape index (κ1) is 13.9. The van der Waals surface area contributed by atoms with Crippen LogP contribution >= 0.6 is 23.7 Å². The maximum absolute atomic E-state index is 12.5. The molecule has 0 aliphatic heterocycles. The standard InChI is InChI=1S/C11H8F3NS.ClH/c12-11(13,14)9-3-1-2-7(4-9)8-5-10(15)16-6-8;/h1-6H,15H2;1H. The molecule has 1 heterocycles. The Morgan fingerprint density at radius 2 is 1.76 bits per heavy atom. The Bertz CT molecular complexity index is 507. The molecule has 0 saturated heterocycles. The fourth-order valence-corrected chi connectivity index (χ4v) is 2.04. The lowest BCUT2D eigenvalue weighted by Crippen LogP contribution is -2.04. The number of thiophene rings is 1. The number of rotatable bonds is 1. The average molecular weight is 280 g/mol. The molecular weight excluding hydrogens is 271 g/mol. The van der Waals surface area contributed by atoms with Crippen LogP contribution in [0.1, 0.15) is 5.56 Å². The second-order valence-corrected chi connectivity index (χ2v) is 4.26. The van der Waals surface area contributed by atoms with Crippen molar-refractivity contribution in [3.63, 3.8) is 0 Å². The van der Waals surface area contributed by atoms with Crippen LogP contribution in [0.3, 0.4) is 0 Å². The predicted molar refractivity (Wildman–Crippen MR) is 66.4 cm³/mol. The van der Waals surface area contributed by atoms with Gasteiger partial charge >= 0.3 is 6.18 Å². The molecule has 1 nitrogen and oxygen atoms in total. The van der Waals surface area contributed by atoms with Crippen LogP contribution in [0.15, 0.2) is 35.7 Å². The van der Waals surface area contributed by atoms with Gasteiger partial charge in [-0.15, -0.1) is 23.7 Å². The summed E-state index contributed by atoms with van der Waals surface area (Å²) < 4.78 is 37.4. The van der Waals surface area contributed by atoms with Gasteiger partial charge in [-0.3, -0.25) is 0 Å². The van der Waals surface area contributed by atoms with E-state index in [0.29, 0.717) is 16.1 Å². The average Bonchev–Trinajstić information content (AvgIpc) is 2.64. The second kappa shape index (κ2) is 4.98. The SMILES string of the molecule is Cl.Nc1cc(-c2cccc(C(F)(F)F)c2)cs1. The van der Waals surface area contributed by atoms with Crippen LogP contribution in [0.4, 0.5) is 18.2 Å². The first-order chi connectivity index (χ1) is 7.47. The molecule has 92 valence electrons. The van der Waals surface area contributed by atoms with E-state index in [-0.39, 0.29) is 12.4 Å². The number of nitrogen functional groups attached to an aromatic ring is 1. The highest BCUT2D eigenvalue weighted by atomic mass is 35.5. The van der Waals surface area contributed by atoms with Crippen molar-refractivity contribution < 1.29 is 13.2 Å². The normalized spacial score (nSPS) is 11.0. The van der Waals surface area contributed by atoms with Crippen molar-refractivity contribution in [3.05, 3.63) is 41.3 Å². The van der Waals surface area contributed by atoms with Crippen LogP contribution in [-0.2, 0) is 6.18 Å². The highest BCUT2D eigenvalue weighted by Gasteiger charge is 2.30. The number of hydrogen-bond acceptors (Lipinski definition) is 2. The van der Waals surface area contributed by atoms with Crippen molar-refractivity contribution in [2.45, 2.75) is 6.18 Å². The molecule has 0 bridgehead atoms. The quantitative estimate of drug-likeness (QED) is 0.821. The lowest BCUT2D eigenvalue weighted by Gasteiger charge is -2.07. The molecule has 2 rings (SSSR count). The largest absolute Gasteiger partial charge is 0.416 e. The number of halogens is 4. The summed E-state index contributed by atoms with van der Waals surface area (Å²) in [6.07, 6.45) is -4.31. The zero-order chi connectivity index (χ0) is 11.8. The van der Waals surface area contributed by atoms with Crippen LogP contribution in [0.2, 0.25) is 0 Å². The van der Waals surface area contributed by atoms with Gasteiger partial charge in [-0.05, 0) is 29.3 Å². The summed E-state index contributed by atoms with van der Waals surface area (Å²) in [4.78, 5) is 0.